The molecule has 2 aromatic carbocycles. The van der Waals surface area contributed by atoms with Crippen molar-refractivity contribution in [3.05, 3.63) is 58.9 Å². The zero-order chi connectivity index (χ0) is 33.4. The lowest BCUT2D eigenvalue weighted by atomic mass is 9.94. The van der Waals surface area contributed by atoms with Gasteiger partial charge in [0.2, 0.25) is 0 Å². The van der Waals surface area contributed by atoms with Gasteiger partial charge in [-0.05, 0) is 40.9 Å². The molecule has 0 saturated carbocycles. The van der Waals surface area contributed by atoms with Crippen LogP contribution in [-0.4, -0.2) is 49.3 Å². The van der Waals surface area contributed by atoms with Crippen LogP contribution in [-0.2, 0) is 10.1 Å². The van der Waals surface area contributed by atoms with Gasteiger partial charge in [-0.1, -0.05) is 53.5 Å². The van der Waals surface area contributed by atoms with Gasteiger partial charge in [0.05, 0.1) is 23.1 Å². The average molecular weight is 621 g/mol. The number of nitrogens with zero attached hydrogens (tertiary/aromatic N) is 3. The van der Waals surface area contributed by atoms with E-state index in [0.717, 1.165) is 17.0 Å². The first-order valence-electron chi connectivity index (χ1n) is 15.2. The molecule has 2 aliphatic heterocycles. The molecule has 1 aromatic heterocycles. The van der Waals surface area contributed by atoms with E-state index in [2.05, 4.69) is 62.2 Å². The van der Waals surface area contributed by atoms with Crippen molar-refractivity contribution in [2.45, 2.75) is 82.2 Å². The van der Waals surface area contributed by atoms with Crippen LogP contribution in [0, 0.1) is 11.5 Å². The molecular weight excluding hydrogens is 583 g/mol. The summed E-state index contributed by atoms with van der Waals surface area (Å²) < 4.78 is 93.6. The van der Waals surface area contributed by atoms with Gasteiger partial charge in [0.15, 0.2) is 0 Å². The first-order chi connectivity index (χ1) is 20.7. The van der Waals surface area contributed by atoms with Gasteiger partial charge in [0.25, 0.3) is 5.91 Å². The number of benzene rings is 2. The second kappa shape index (κ2) is 10.2. The van der Waals surface area contributed by atoms with E-state index in [1.54, 1.807) is 22.8 Å². The third-order valence-corrected chi connectivity index (χ3v) is 16.0. The van der Waals surface area contributed by atoms with Crippen molar-refractivity contribution in [3.63, 3.8) is 0 Å². The molecule has 3 aromatic rings. The maximum Gasteiger partial charge on any atom is 0.534 e. The zero-order valence-electron chi connectivity index (χ0n) is 27.1. The number of aromatic nitrogens is 2. The predicted molar refractivity (Wildman–Crippen MR) is 157 cm³/mol. The number of carbonyl (C=O) groups excluding carboxylic acids is 1. The van der Waals surface area contributed by atoms with Gasteiger partial charge in [0, 0.05) is 40.3 Å². The average Bonchev–Trinajstić information content (AvgIpc) is 3.39. The molecule has 0 spiro atoms. The Hall–Kier alpha value is -3.30. The summed E-state index contributed by atoms with van der Waals surface area (Å²) in [6.45, 7) is 10.2. The van der Waals surface area contributed by atoms with E-state index < -0.39 is 54.4 Å². The lowest BCUT2D eigenvalue weighted by molar-refractivity contribution is -0.0500. The number of hydrogen-bond donors (Lipinski definition) is 0. The van der Waals surface area contributed by atoms with Gasteiger partial charge in [-0.3, -0.25) is 4.79 Å². The molecule has 42 heavy (non-hydrogen) atoms. The topological polar surface area (TPSA) is 81.5 Å². The van der Waals surface area contributed by atoms with Crippen molar-refractivity contribution in [1.29, 1.82) is 0 Å². The number of hydrogen-bond acceptors (Lipinski definition) is 5. The van der Waals surface area contributed by atoms with E-state index in [4.69, 9.17) is 4.11 Å². The highest BCUT2D eigenvalue weighted by molar-refractivity contribution is 7.88. The lowest BCUT2D eigenvalue weighted by Crippen LogP contribution is -2.43. The Balaban J connectivity index is 1.78. The first kappa shape index (κ1) is 26.3. The number of alkyl halides is 3. The van der Waals surface area contributed by atoms with Gasteiger partial charge in [0.1, 0.15) is 19.6 Å². The minimum absolute atomic E-state index is 0.126. The Bertz CT molecular complexity index is 1840. The van der Waals surface area contributed by atoms with Crippen LogP contribution in [0.3, 0.4) is 0 Å². The van der Waals surface area contributed by atoms with Crippen molar-refractivity contribution >= 4 is 35.1 Å². The van der Waals surface area contributed by atoms with Crippen molar-refractivity contribution in [2.75, 3.05) is 6.98 Å². The molecule has 5 rings (SSSR count). The number of imidazole rings is 1. The van der Waals surface area contributed by atoms with Crippen LogP contribution in [0.15, 0.2) is 36.4 Å². The number of fused-ring (bicyclic) bond motifs is 9. The van der Waals surface area contributed by atoms with Gasteiger partial charge >= 0.3 is 15.6 Å². The normalized spacial score (nSPS) is 20.1. The molecule has 12 heteroatoms. The first-order valence-corrected chi connectivity index (χ1v) is 17.4. The molecule has 0 unspecified atom stereocenters. The van der Waals surface area contributed by atoms with Crippen LogP contribution < -0.4 is 4.18 Å². The van der Waals surface area contributed by atoms with E-state index in [9.17, 15) is 26.4 Å². The molecule has 0 fully saturated rings. The summed E-state index contributed by atoms with van der Waals surface area (Å²) in [5.41, 5.74) is 0.730. The highest BCUT2D eigenvalue weighted by Gasteiger charge is 2.49. The molecule has 3 heterocycles. The highest BCUT2D eigenvalue weighted by atomic mass is 32.2. The molecule has 0 saturated heterocycles. The Morgan fingerprint density at radius 1 is 1.07 bits per heavy atom. The summed E-state index contributed by atoms with van der Waals surface area (Å²) in [5.74, 6) is 2.35. The fourth-order valence-electron chi connectivity index (χ4n) is 6.87. The van der Waals surface area contributed by atoms with Crippen LogP contribution in [0.2, 0.25) is 16.6 Å². The van der Waals surface area contributed by atoms with Crippen LogP contribution in [0.5, 0.6) is 5.75 Å². The maximum absolute atomic E-state index is 14.0. The Morgan fingerprint density at radius 2 is 1.74 bits per heavy atom. The van der Waals surface area contributed by atoms with Gasteiger partial charge in [-0.15, -0.1) is 5.54 Å². The molecule has 2 atom stereocenters. The monoisotopic (exact) mass is 620 g/mol. The number of halogens is 3. The summed E-state index contributed by atoms with van der Waals surface area (Å²) in [5, 5.41) is 0. The fraction of sp³-hybridized carbons (Fsp3) is 0.467. The summed E-state index contributed by atoms with van der Waals surface area (Å²) in [6.07, 6.45) is 0.126. The van der Waals surface area contributed by atoms with Gasteiger partial charge in [-0.25, -0.2) is 4.98 Å². The molecule has 224 valence electrons. The molecule has 2 bridgehead atoms. The van der Waals surface area contributed by atoms with Crippen molar-refractivity contribution < 1.29 is 34.7 Å². The third-order valence-electron chi connectivity index (χ3n) is 8.71. The van der Waals surface area contributed by atoms with Crippen molar-refractivity contribution in [3.8, 4) is 17.2 Å². The van der Waals surface area contributed by atoms with Gasteiger partial charge in [-0.2, -0.15) is 21.6 Å². The standard InChI is InChI=1S/C30H34F3N3O4SSi/c1-17(2)42(18(3)4,19(5)6)14-13-20-9-8-10-22-27(20)25-16-26(35(7)29(22)37)28-34-23-12-11-21(15-24(23)36(25)28)40-41(38,39)30(31,32)33/h8-12,15,17-19,25-26H,16H2,1-7H3/t25-,26-/m1/s1/i7D3. The van der Waals surface area contributed by atoms with E-state index >= 15 is 0 Å². The lowest BCUT2D eigenvalue weighted by Gasteiger charge is -2.38. The molecule has 0 N–H and O–H groups in total. The minimum atomic E-state index is -5.94. The highest BCUT2D eigenvalue weighted by Crippen LogP contribution is 2.49. The van der Waals surface area contributed by atoms with E-state index in [1.807, 2.05) is 0 Å². The third kappa shape index (κ3) is 4.52. The maximum atomic E-state index is 14.0. The molecule has 0 radical (unpaired) electrons. The Morgan fingerprint density at radius 3 is 2.33 bits per heavy atom. The smallest absolute Gasteiger partial charge is 0.376 e. The fourth-order valence-corrected chi connectivity index (χ4v) is 12.5. The van der Waals surface area contributed by atoms with Crippen molar-refractivity contribution in [1.82, 2.24) is 14.5 Å². The van der Waals surface area contributed by atoms with Crippen LogP contribution >= 0.6 is 0 Å². The minimum Gasteiger partial charge on any atom is -0.376 e. The zero-order valence-corrected chi connectivity index (χ0v) is 25.9. The second-order valence-electron chi connectivity index (χ2n) is 11.8. The summed E-state index contributed by atoms with van der Waals surface area (Å²) in [6, 6.07) is 6.84. The van der Waals surface area contributed by atoms with Crippen LogP contribution in [0.25, 0.3) is 11.0 Å². The molecule has 1 amide bonds. The Labute approximate surface area is 249 Å². The summed E-state index contributed by atoms with van der Waals surface area (Å²) >= 11 is 0. The summed E-state index contributed by atoms with van der Waals surface area (Å²) in [4.78, 5) is 19.4. The molecule has 0 aliphatic carbocycles. The number of carbonyl (C=O) groups is 1. The van der Waals surface area contributed by atoms with E-state index in [1.165, 1.54) is 6.07 Å². The second-order valence-corrected chi connectivity index (χ2v) is 18.9. The van der Waals surface area contributed by atoms with Crippen molar-refractivity contribution in [2.24, 2.45) is 0 Å². The SMILES string of the molecule is [2H]C([2H])([2H])N1C(=O)c2cccc(C#C[Si](C(C)C)(C(C)C)C(C)C)c2[C@H]2C[C@@H]1c1nc3ccc(OS(=O)(=O)C(F)(F)F)cc3n12. The van der Waals surface area contributed by atoms with Crippen LogP contribution in [0.4, 0.5) is 13.2 Å². The number of amides is 1. The van der Waals surface area contributed by atoms with E-state index in [0.29, 0.717) is 27.8 Å². The van der Waals surface area contributed by atoms with Crippen LogP contribution in [0.1, 0.15) is 91.5 Å². The largest absolute Gasteiger partial charge is 0.534 e. The molecule has 2 aliphatic rings. The van der Waals surface area contributed by atoms with Gasteiger partial charge < -0.3 is 13.7 Å². The predicted octanol–water partition coefficient (Wildman–Crippen LogP) is 6.95. The molecule has 7 nitrogen and oxygen atoms in total. The summed E-state index contributed by atoms with van der Waals surface area (Å²) in [7, 11) is -8.17. The number of rotatable bonds is 5. The van der Waals surface area contributed by atoms with E-state index in [-0.39, 0.29) is 28.8 Å². The molecular formula is C30H34F3N3O4SSi. The quantitative estimate of drug-likeness (QED) is 0.133. The Kier molecular flexibility index (Phi) is 6.37.